The van der Waals surface area contributed by atoms with Gasteiger partial charge in [0.15, 0.2) is 0 Å². The van der Waals surface area contributed by atoms with Crippen LogP contribution in [0.5, 0.6) is 0 Å². The maximum atomic E-state index is 11.1. The van der Waals surface area contributed by atoms with E-state index >= 15 is 0 Å². The van der Waals surface area contributed by atoms with E-state index in [9.17, 15) is 5.11 Å². The third-order valence-electron chi connectivity index (χ3n) is 4.63. The molecular formula is C24H26OS. The van der Waals surface area contributed by atoms with E-state index in [0.29, 0.717) is 0 Å². The van der Waals surface area contributed by atoms with Crippen LogP contribution in [-0.4, -0.2) is 10.7 Å². The van der Waals surface area contributed by atoms with Crippen molar-refractivity contribution >= 4 is 11.8 Å². The highest BCUT2D eigenvalue weighted by Gasteiger charge is 2.36. The van der Waals surface area contributed by atoms with Crippen molar-refractivity contribution in [2.24, 2.45) is 0 Å². The van der Waals surface area contributed by atoms with Crippen molar-refractivity contribution in [3.8, 4) is 0 Å². The summed E-state index contributed by atoms with van der Waals surface area (Å²) >= 11 is 1.82. The summed E-state index contributed by atoms with van der Waals surface area (Å²) in [6, 6.07) is 29.5. The van der Waals surface area contributed by atoms with Crippen LogP contribution in [0.1, 0.15) is 41.7 Å². The second kappa shape index (κ2) is 8.11. The Morgan fingerprint density at radius 1 is 0.731 bits per heavy atom. The molecule has 0 aliphatic carbocycles. The Labute approximate surface area is 161 Å². The first kappa shape index (κ1) is 18.8. The molecule has 0 unspecified atom stereocenters. The summed E-state index contributed by atoms with van der Waals surface area (Å²) in [6.45, 7) is 5.93. The summed E-state index contributed by atoms with van der Waals surface area (Å²) in [4.78, 5) is 1.22. The van der Waals surface area contributed by atoms with E-state index in [1.807, 2.05) is 49.9 Å². The van der Waals surface area contributed by atoms with Gasteiger partial charge in [-0.05, 0) is 44.0 Å². The van der Waals surface area contributed by atoms with Gasteiger partial charge in [-0.1, -0.05) is 78.4 Å². The minimum absolute atomic E-state index is 0.0302. The molecule has 0 aromatic heterocycles. The smallest absolute Gasteiger partial charge is 0.0674 e. The number of hydrogen-bond donors (Lipinski definition) is 1. The van der Waals surface area contributed by atoms with E-state index in [2.05, 4.69) is 67.6 Å². The normalized spacial score (nSPS) is 14.0. The molecule has 3 aromatic carbocycles. The third kappa shape index (κ3) is 4.57. The summed E-state index contributed by atoms with van der Waals surface area (Å²) in [6.07, 6.45) is 0. The van der Waals surface area contributed by atoms with Crippen molar-refractivity contribution in [2.75, 3.05) is 0 Å². The van der Waals surface area contributed by atoms with Crippen molar-refractivity contribution < 1.29 is 5.11 Å². The number of thioether (sulfide) groups is 1. The average Bonchev–Trinajstić information content (AvgIpc) is 2.63. The number of rotatable bonds is 6. The summed E-state index contributed by atoms with van der Waals surface area (Å²) in [5.74, 6) is -0.0302. The highest BCUT2D eigenvalue weighted by Crippen LogP contribution is 2.49. The molecule has 0 bridgehead atoms. The lowest BCUT2D eigenvalue weighted by Crippen LogP contribution is -2.32. The van der Waals surface area contributed by atoms with Crippen molar-refractivity contribution in [3.05, 3.63) is 102 Å². The first-order valence-electron chi connectivity index (χ1n) is 9.01. The Morgan fingerprint density at radius 2 is 1.23 bits per heavy atom. The molecule has 0 spiro atoms. The van der Waals surface area contributed by atoms with Crippen LogP contribution in [0.2, 0.25) is 0 Å². The average molecular weight is 363 g/mol. The molecule has 0 aliphatic rings. The molecule has 2 atom stereocenters. The number of aryl methyl sites for hydroxylation is 1. The Balaban J connectivity index is 2.06. The molecule has 3 rings (SSSR count). The van der Waals surface area contributed by atoms with Gasteiger partial charge in [-0.25, -0.2) is 0 Å². The maximum absolute atomic E-state index is 11.1. The number of benzene rings is 3. The standard InChI is InChI=1S/C24H26OS/c1-18-14-16-21(17-15-18)26-23(20-12-8-5-9-13-20)22(24(2,3)25)19-10-6-4-7-11-19/h4-17,22-23,25H,1-3H3/t22-,23-/m0/s1. The second-order valence-corrected chi connectivity index (χ2v) is 8.52. The van der Waals surface area contributed by atoms with Crippen LogP contribution in [0.15, 0.2) is 89.8 Å². The van der Waals surface area contributed by atoms with Gasteiger partial charge >= 0.3 is 0 Å². The third-order valence-corrected chi connectivity index (χ3v) is 5.98. The highest BCUT2D eigenvalue weighted by atomic mass is 32.2. The topological polar surface area (TPSA) is 20.2 Å². The maximum Gasteiger partial charge on any atom is 0.0674 e. The van der Waals surface area contributed by atoms with Crippen LogP contribution in [-0.2, 0) is 0 Å². The van der Waals surface area contributed by atoms with E-state index in [4.69, 9.17) is 0 Å². The van der Waals surface area contributed by atoms with Crippen molar-refractivity contribution in [1.29, 1.82) is 0 Å². The van der Waals surface area contributed by atoms with E-state index in [1.165, 1.54) is 16.0 Å². The Hall–Kier alpha value is -2.03. The summed E-state index contributed by atoms with van der Waals surface area (Å²) < 4.78 is 0. The molecule has 1 N–H and O–H groups in total. The zero-order valence-electron chi connectivity index (χ0n) is 15.6. The van der Waals surface area contributed by atoms with E-state index < -0.39 is 5.60 Å². The zero-order valence-corrected chi connectivity index (χ0v) is 16.4. The zero-order chi connectivity index (χ0) is 18.6. The number of hydrogen-bond acceptors (Lipinski definition) is 2. The fourth-order valence-corrected chi connectivity index (χ4v) is 4.85. The molecule has 0 radical (unpaired) electrons. The molecule has 3 aromatic rings. The van der Waals surface area contributed by atoms with Gasteiger partial charge in [-0.3, -0.25) is 0 Å². The molecule has 0 saturated heterocycles. The van der Waals surface area contributed by atoms with E-state index in [-0.39, 0.29) is 11.2 Å². The van der Waals surface area contributed by atoms with Gasteiger partial charge in [-0.15, -0.1) is 11.8 Å². The fraction of sp³-hybridized carbons (Fsp3) is 0.250. The van der Waals surface area contributed by atoms with Gasteiger partial charge in [0.05, 0.1) is 5.60 Å². The van der Waals surface area contributed by atoms with Gasteiger partial charge in [0.1, 0.15) is 0 Å². The van der Waals surface area contributed by atoms with Crippen LogP contribution < -0.4 is 0 Å². The minimum atomic E-state index is -0.848. The van der Waals surface area contributed by atoms with Crippen molar-refractivity contribution in [2.45, 2.75) is 42.4 Å². The molecule has 2 heteroatoms. The van der Waals surface area contributed by atoms with Gasteiger partial charge in [0.2, 0.25) is 0 Å². The first-order valence-corrected chi connectivity index (χ1v) is 9.89. The van der Waals surface area contributed by atoms with Crippen LogP contribution in [0, 0.1) is 6.92 Å². The SMILES string of the molecule is Cc1ccc(S[C@@H](c2ccccc2)[C@H](c2ccccc2)C(C)(C)O)cc1. The quantitative estimate of drug-likeness (QED) is 0.513. The van der Waals surface area contributed by atoms with Crippen molar-refractivity contribution in [3.63, 3.8) is 0 Å². The summed E-state index contributed by atoms with van der Waals surface area (Å²) in [7, 11) is 0. The molecule has 134 valence electrons. The molecule has 0 amide bonds. The van der Waals surface area contributed by atoms with Crippen LogP contribution in [0.4, 0.5) is 0 Å². The van der Waals surface area contributed by atoms with Gasteiger partial charge in [-0.2, -0.15) is 0 Å². The lowest BCUT2D eigenvalue weighted by molar-refractivity contribution is 0.0486. The molecule has 0 saturated carbocycles. The second-order valence-electron chi connectivity index (χ2n) is 7.30. The van der Waals surface area contributed by atoms with E-state index in [1.54, 1.807) is 0 Å². The van der Waals surface area contributed by atoms with Crippen LogP contribution >= 0.6 is 11.8 Å². The van der Waals surface area contributed by atoms with Gasteiger partial charge < -0.3 is 5.11 Å². The van der Waals surface area contributed by atoms with Crippen molar-refractivity contribution in [1.82, 2.24) is 0 Å². The summed E-state index contributed by atoms with van der Waals surface area (Å²) in [5, 5.41) is 11.2. The van der Waals surface area contributed by atoms with E-state index in [0.717, 1.165) is 5.56 Å². The first-order chi connectivity index (χ1) is 12.4. The summed E-state index contributed by atoms with van der Waals surface area (Å²) in [5.41, 5.74) is 2.80. The predicted octanol–water partition coefficient (Wildman–Crippen LogP) is 6.38. The highest BCUT2D eigenvalue weighted by molar-refractivity contribution is 7.99. The van der Waals surface area contributed by atoms with Gasteiger partial charge in [0.25, 0.3) is 0 Å². The molecule has 0 fully saturated rings. The molecule has 0 heterocycles. The Kier molecular flexibility index (Phi) is 5.85. The lowest BCUT2D eigenvalue weighted by Gasteiger charge is -2.36. The Morgan fingerprint density at radius 3 is 1.73 bits per heavy atom. The molecule has 26 heavy (non-hydrogen) atoms. The predicted molar refractivity (Wildman–Crippen MR) is 112 cm³/mol. The molecule has 0 aliphatic heterocycles. The molecular weight excluding hydrogens is 336 g/mol. The minimum Gasteiger partial charge on any atom is -0.390 e. The number of aliphatic hydroxyl groups is 1. The Bertz CT molecular complexity index is 804. The monoisotopic (exact) mass is 362 g/mol. The fourth-order valence-electron chi connectivity index (χ4n) is 3.35. The largest absolute Gasteiger partial charge is 0.390 e. The van der Waals surface area contributed by atoms with Crippen LogP contribution in [0.25, 0.3) is 0 Å². The van der Waals surface area contributed by atoms with Gasteiger partial charge in [0, 0.05) is 16.1 Å². The molecule has 1 nitrogen and oxygen atoms in total. The van der Waals surface area contributed by atoms with Crippen LogP contribution in [0.3, 0.4) is 0 Å². The lowest BCUT2D eigenvalue weighted by atomic mass is 9.80.